The van der Waals surface area contributed by atoms with Crippen molar-refractivity contribution >= 4 is 11.5 Å². The van der Waals surface area contributed by atoms with Crippen molar-refractivity contribution in [3.63, 3.8) is 0 Å². The highest BCUT2D eigenvalue weighted by Crippen LogP contribution is 2.26. The van der Waals surface area contributed by atoms with Gasteiger partial charge in [0.15, 0.2) is 0 Å². The fourth-order valence-electron chi connectivity index (χ4n) is 3.34. The number of nitro groups is 1. The van der Waals surface area contributed by atoms with Crippen molar-refractivity contribution in [2.24, 2.45) is 5.92 Å². The van der Waals surface area contributed by atoms with E-state index in [1.807, 2.05) is 35.2 Å². The van der Waals surface area contributed by atoms with E-state index in [0.717, 1.165) is 44.5 Å². The molecule has 1 aromatic carbocycles. The van der Waals surface area contributed by atoms with Gasteiger partial charge in [0, 0.05) is 0 Å². The summed E-state index contributed by atoms with van der Waals surface area (Å²) in [6.07, 6.45) is 5.26. The number of hydrogen-bond acceptors (Lipinski definition) is 5. The lowest BCUT2D eigenvalue weighted by Crippen LogP contribution is -2.42. The largest absolute Gasteiger partial charge is 0.711 e. The van der Waals surface area contributed by atoms with Crippen molar-refractivity contribution in [3.05, 3.63) is 64.0 Å². The second-order valence-electron chi connectivity index (χ2n) is 6.56. The van der Waals surface area contributed by atoms with Crippen LogP contribution in [0.15, 0.2) is 48.7 Å². The molecule has 3 rings (SSSR count). The van der Waals surface area contributed by atoms with Crippen LogP contribution in [0.25, 0.3) is 0 Å². The van der Waals surface area contributed by atoms with Crippen LogP contribution in [0.1, 0.15) is 25.7 Å². The minimum absolute atomic E-state index is 0.0488. The Morgan fingerprint density at radius 1 is 1.19 bits per heavy atom. The molecule has 2 heterocycles. The number of para-hydroxylation sites is 1. The van der Waals surface area contributed by atoms with E-state index in [1.54, 1.807) is 0 Å². The smallest absolute Gasteiger partial charge is 0.286 e. The number of pyridine rings is 1. The van der Waals surface area contributed by atoms with Gasteiger partial charge < -0.3 is 9.94 Å². The standard InChI is InChI=1S/C19H23N3O4/c23-21-13-10-17(22(24)25)15-19(21)20-11-8-16(9-12-20)5-4-14-26-18-6-2-1-3-7-18/h1-3,6-7,10,13,15-16H,4-5,8-9,11-12,14H2. The van der Waals surface area contributed by atoms with Gasteiger partial charge in [-0.1, -0.05) is 18.2 Å². The molecule has 0 atom stereocenters. The lowest BCUT2D eigenvalue weighted by atomic mass is 9.92. The van der Waals surface area contributed by atoms with Crippen LogP contribution in [-0.2, 0) is 0 Å². The molecule has 0 spiro atoms. The van der Waals surface area contributed by atoms with Crippen LogP contribution in [0.4, 0.5) is 11.5 Å². The van der Waals surface area contributed by atoms with Crippen molar-refractivity contribution in [3.8, 4) is 5.75 Å². The Balaban J connectivity index is 1.44. The van der Waals surface area contributed by atoms with Crippen molar-refractivity contribution in [2.45, 2.75) is 25.7 Å². The van der Waals surface area contributed by atoms with Crippen LogP contribution >= 0.6 is 0 Å². The summed E-state index contributed by atoms with van der Waals surface area (Å²) in [5.74, 6) is 1.86. The molecule has 1 aliphatic heterocycles. The zero-order valence-electron chi connectivity index (χ0n) is 14.6. The summed E-state index contributed by atoms with van der Waals surface area (Å²) in [6.45, 7) is 2.19. The molecule has 0 bridgehead atoms. The Kier molecular flexibility index (Phi) is 5.88. The topological polar surface area (TPSA) is 82.5 Å². The van der Waals surface area contributed by atoms with Crippen LogP contribution in [0, 0.1) is 21.2 Å². The first-order valence-electron chi connectivity index (χ1n) is 8.94. The fourth-order valence-corrected chi connectivity index (χ4v) is 3.34. The molecular weight excluding hydrogens is 334 g/mol. The number of rotatable bonds is 7. The number of hydrogen-bond donors (Lipinski definition) is 0. The van der Waals surface area contributed by atoms with Gasteiger partial charge in [-0.05, 0) is 43.7 Å². The van der Waals surface area contributed by atoms with E-state index in [0.29, 0.717) is 23.1 Å². The maximum atomic E-state index is 12.0. The predicted molar refractivity (Wildman–Crippen MR) is 98.2 cm³/mol. The summed E-state index contributed by atoms with van der Waals surface area (Å²) in [4.78, 5) is 12.4. The van der Waals surface area contributed by atoms with Gasteiger partial charge in [0.25, 0.3) is 11.5 Å². The lowest BCUT2D eigenvalue weighted by Gasteiger charge is -2.29. The molecule has 0 aliphatic carbocycles. The highest BCUT2D eigenvalue weighted by atomic mass is 16.6. The first-order valence-corrected chi connectivity index (χ1v) is 8.94. The summed E-state index contributed by atoms with van der Waals surface area (Å²) < 4.78 is 6.43. The third kappa shape index (κ3) is 4.62. The molecule has 0 saturated carbocycles. The van der Waals surface area contributed by atoms with Crippen molar-refractivity contribution in [1.29, 1.82) is 0 Å². The van der Waals surface area contributed by atoms with E-state index in [1.165, 1.54) is 18.3 Å². The van der Waals surface area contributed by atoms with Crippen LogP contribution < -0.4 is 14.4 Å². The molecule has 2 aromatic rings. The average Bonchev–Trinajstić information content (AvgIpc) is 2.67. The SMILES string of the molecule is O=[N+]([O-])c1cc[n+]([O-])c(N2CCC(CCCOc3ccccc3)CC2)c1. The average molecular weight is 357 g/mol. The summed E-state index contributed by atoms with van der Waals surface area (Å²) in [7, 11) is 0. The Bertz CT molecular complexity index is 731. The second-order valence-corrected chi connectivity index (χ2v) is 6.56. The highest BCUT2D eigenvalue weighted by molar-refractivity contribution is 5.43. The normalized spacial score (nSPS) is 15.0. The van der Waals surface area contributed by atoms with E-state index in [4.69, 9.17) is 4.74 Å². The molecule has 0 amide bonds. The van der Waals surface area contributed by atoms with E-state index in [9.17, 15) is 15.3 Å². The first-order chi connectivity index (χ1) is 12.6. The van der Waals surface area contributed by atoms with Crippen molar-refractivity contribution in [1.82, 2.24) is 0 Å². The van der Waals surface area contributed by atoms with E-state index < -0.39 is 4.92 Å². The summed E-state index contributed by atoms with van der Waals surface area (Å²) in [5.41, 5.74) is -0.0488. The lowest BCUT2D eigenvalue weighted by molar-refractivity contribution is -0.593. The van der Waals surface area contributed by atoms with Gasteiger partial charge in [0.1, 0.15) is 18.0 Å². The number of benzene rings is 1. The number of anilines is 1. The zero-order valence-corrected chi connectivity index (χ0v) is 14.6. The summed E-state index contributed by atoms with van der Waals surface area (Å²) >= 11 is 0. The van der Waals surface area contributed by atoms with Crippen molar-refractivity contribution in [2.75, 3.05) is 24.6 Å². The maximum absolute atomic E-state index is 12.0. The number of nitrogens with zero attached hydrogens (tertiary/aromatic N) is 3. The maximum Gasteiger partial charge on any atom is 0.286 e. The van der Waals surface area contributed by atoms with E-state index in [2.05, 4.69) is 0 Å². The first kappa shape index (κ1) is 18.0. The van der Waals surface area contributed by atoms with Crippen LogP contribution in [0.2, 0.25) is 0 Å². The van der Waals surface area contributed by atoms with Gasteiger partial charge in [0.05, 0.1) is 30.7 Å². The Hall–Kier alpha value is -2.83. The van der Waals surface area contributed by atoms with Crippen LogP contribution in [-0.4, -0.2) is 24.6 Å². The molecule has 0 unspecified atom stereocenters. The van der Waals surface area contributed by atoms with Gasteiger partial charge in [-0.2, -0.15) is 0 Å². The Labute approximate surface area is 152 Å². The van der Waals surface area contributed by atoms with Gasteiger partial charge in [-0.25, -0.2) is 4.73 Å². The molecule has 1 aromatic heterocycles. The predicted octanol–water partition coefficient (Wildman–Crippen LogP) is 3.30. The van der Waals surface area contributed by atoms with E-state index in [-0.39, 0.29) is 5.69 Å². The number of piperidine rings is 1. The Morgan fingerprint density at radius 2 is 1.92 bits per heavy atom. The molecule has 1 aliphatic rings. The zero-order chi connectivity index (χ0) is 18.4. The molecule has 26 heavy (non-hydrogen) atoms. The molecule has 1 fully saturated rings. The summed E-state index contributed by atoms with van der Waals surface area (Å²) in [5, 5.41) is 22.9. The highest BCUT2D eigenvalue weighted by Gasteiger charge is 2.27. The molecule has 138 valence electrons. The monoisotopic (exact) mass is 357 g/mol. The number of ether oxygens (including phenoxy) is 1. The number of aromatic nitrogens is 1. The molecule has 0 radical (unpaired) electrons. The molecular formula is C19H23N3O4. The van der Waals surface area contributed by atoms with Gasteiger partial charge in [-0.15, -0.1) is 0 Å². The van der Waals surface area contributed by atoms with E-state index >= 15 is 0 Å². The Morgan fingerprint density at radius 3 is 2.62 bits per heavy atom. The molecule has 7 nitrogen and oxygen atoms in total. The second kappa shape index (κ2) is 8.51. The third-order valence-electron chi connectivity index (χ3n) is 4.80. The van der Waals surface area contributed by atoms with Crippen LogP contribution in [0.5, 0.6) is 5.75 Å². The molecule has 0 N–H and O–H groups in total. The molecule has 1 saturated heterocycles. The van der Waals surface area contributed by atoms with Gasteiger partial charge in [-0.3, -0.25) is 15.0 Å². The fraction of sp³-hybridized carbons (Fsp3) is 0.421. The van der Waals surface area contributed by atoms with Crippen molar-refractivity contribution < 1.29 is 14.4 Å². The van der Waals surface area contributed by atoms with Gasteiger partial charge >= 0.3 is 0 Å². The van der Waals surface area contributed by atoms with Crippen LogP contribution in [0.3, 0.4) is 0 Å². The third-order valence-corrected chi connectivity index (χ3v) is 4.80. The molecule has 7 heteroatoms. The minimum Gasteiger partial charge on any atom is -0.711 e. The minimum atomic E-state index is -0.469. The van der Waals surface area contributed by atoms with Gasteiger partial charge in [0.2, 0.25) is 0 Å². The quantitative estimate of drug-likeness (QED) is 0.250. The summed E-state index contributed by atoms with van der Waals surface area (Å²) in [6, 6.07) is 12.4.